The number of para-hydroxylation sites is 1. The molecular formula is C21H26N6O. The fraction of sp³-hybridized carbons (Fsp3) is 0.286. The Kier molecular flexibility index (Phi) is 6.26. The molecule has 0 bridgehead atoms. The average molecular weight is 378 g/mol. The Morgan fingerprint density at radius 2 is 1.79 bits per heavy atom. The zero-order valence-corrected chi connectivity index (χ0v) is 16.5. The summed E-state index contributed by atoms with van der Waals surface area (Å²) in [6, 6.07) is 13.9. The minimum absolute atomic E-state index is 0.317. The number of methoxy groups -OCH3 is 1. The molecule has 0 spiro atoms. The van der Waals surface area contributed by atoms with E-state index in [1.807, 2.05) is 24.3 Å². The Labute approximate surface area is 165 Å². The highest BCUT2D eigenvalue weighted by atomic mass is 16.5. The number of anilines is 1. The van der Waals surface area contributed by atoms with E-state index in [1.54, 1.807) is 7.11 Å². The molecule has 0 atom stereocenters. The molecule has 0 saturated carbocycles. The number of benzene rings is 2. The van der Waals surface area contributed by atoms with Gasteiger partial charge in [-0.05, 0) is 48.2 Å². The van der Waals surface area contributed by atoms with Gasteiger partial charge in [0.05, 0.1) is 7.11 Å². The summed E-state index contributed by atoms with van der Waals surface area (Å²) >= 11 is 0. The number of guanidine groups is 1. The molecule has 3 rings (SSSR count). The van der Waals surface area contributed by atoms with Crippen molar-refractivity contribution in [3.05, 3.63) is 59.4 Å². The number of aliphatic imine (C=N–C) groups is 1. The van der Waals surface area contributed by atoms with Crippen molar-refractivity contribution >= 4 is 11.6 Å². The van der Waals surface area contributed by atoms with Crippen molar-refractivity contribution in [1.29, 1.82) is 0 Å². The lowest BCUT2D eigenvalue weighted by Gasteiger charge is -2.14. The summed E-state index contributed by atoms with van der Waals surface area (Å²) in [5.74, 6) is 2.42. The monoisotopic (exact) mass is 378 g/mol. The minimum Gasteiger partial charge on any atom is -0.497 e. The molecule has 2 aromatic carbocycles. The molecule has 7 nitrogen and oxygen atoms in total. The number of aryl methyl sites for hydroxylation is 2. The van der Waals surface area contributed by atoms with E-state index in [-0.39, 0.29) is 0 Å². The van der Waals surface area contributed by atoms with Gasteiger partial charge < -0.3 is 15.8 Å². The van der Waals surface area contributed by atoms with Crippen LogP contribution in [0.15, 0.2) is 47.5 Å². The SMILES string of the molecule is CCc1cccc(CC)c1NC(N)=NCc1nc(-c2ccc(OC)cc2)n[nH]1. The van der Waals surface area contributed by atoms with Crippen LogP contribution in [0.25, 0.3) is 11.4 Å². The zero-order chi connectivity index (χ0) is 19.9. The van der Waals surface area contributed by atoms with Crippen LogP contribution >= 0.6 is 0 Å². The van der Waals surface area contributed by atoms with E-state index in [1.165, 1.54) is 11.1 Å². The number of hydrogen-bond acceptors (Lipinski definition) is 4. The minimum atomic E-state index is 0.317. The normalized spacial score (nSPS) is 11.5. The number of ether oxygens (including phenoxy) is 1. The third kappa shape index (κ3) is 4.49. The van der Waals surface area contributed by atoms with Gasteiger partial charge in [-0.1, -0.05) is 32.0 Å². The Morgan fingerprint density at radius 1 is 1.11 bits per heavy atom. The van der Waals surface area contributed by atoms with E-state index in [9.17, 15) is 0 Å². The highest BCUT2D eigenvalue weighted by Crippen LogP contribution is 2.22. The second-order valence-electron chi connectivity index (χ2n) is 6.32. The van der Waals surface area contributed by atoms with Crippen molar-refractivity contribution in [3.8, 4) is 17.1 Å². The third-order valence-electron chi connectivity index (χ3n) is 4.53. The summed E-state index contributed by atoms with van der Waals surface area (Å²) in [6.07, 6.45) is 1.85. The second-order valence-corrected chi connectivity index (χ2v) is 6.32. The highest BCUT2D eigenvalue weighted by Gasteiger charge is 2.08. The quantitative estimate of drug-likeness (QED) is 0.431. The molecule has 1 heterocycles. The molecule has 146 valence electrons. The van der Waals surface area contributed by atoms with E-state index in [0.717, 1.165) is 29.8 Å². The Bertz CT molecular complexity index is 924. The molecule has 0 amide bonds. The number of H-pyrrole nitrogens is 1. The maximum atomic E-state index is 6.11. The lowest BCUT2D eigenvalue weighted by atomic mass is 10.0. The molecule has 28 heavy (non-hydrogen) atoms. The number of aromatic nitrogens is 3. The Morgan fingerprint density at radius 3 is 2.39 bits per heavy atom. The van der Waals surface area contributed by atoms with Crippen molar-refractivity contribution in [2.75, 3.05) is 12.4 Å². The summed E-state index contributed by atoms with van der Waals surface area (Å²) < 4.78 is 5.17. The molecule has 0 aliphatic heterocycles. The smallest absolute Gasteiger partial charge is 0.193 e. The van der Waals surface area contributed by atoms with Crippen LogP contribution < -0.4 is 15.8 Å². The number of nitrogens with two attached hydrogens (primary N) is 1. The molecular weight excluding hydrogens is 352 g/mol. The third-order valence-corrected chi connectivity index (χ3v) is 4.53. The standard InChI is InChI=1S/C21H26N6O/c1-4-14-7-6-8-15(5-2)19(14)25-21(22)23-13-18-24-20(27-26-18)16-9-11-17(28-3)12-10-16/h6-12H,4-5,13H2,1-3H3,(H3,22,23,25)(H,24,26,27). The molecule has 3 aromatic rings. The van der Waals surface area contributed by atoms with E-state index in [4.69, 9.17) is 10.5 Å². The van der Waals surface area contributed by atoms with E-state index in [0.29, 0.717) is 24.2 Å². The molecule has 0 fully saturated rings. The van der Waals surface area contributed by atoms with Crippen LogP contribution in [0, 0.1) is 0 Å². The number of hydrogen-bond donors (Lipinski definition) is 3. The van der Waals surface area contributed by atoms with Crippen LogP contribution in [0.3, 0.4) is 0 Å². The van der Waals surface area contributed by atoms with Gasteiger partial charge in [0.1, 0.15) is 18.1 Å². The fourth-order valence-electron chi connectivity index (χ4n) is 2.97. The topological polar surface area (TPSA) is 101 Å². The molecule has 0 radical (unpaired) electrons. The summed E-state index contributed by atoms with van der Waals surface area (Å²) in [5.41, 5.74) is 10.5. The van der Waals surface area contributed by atoms with Gasteiger partial charge in [0.15, 0.2) is 11.8 Å². The molecule has 7 heteroatoms. The van der Waals surface area contributed by atoms with Crippen molar-refractivity contribution in [3.63, 3.8) is 0 Å². The van der Waals surface area contributed by atoms with Crippen LogP contribution in [-0.4, -0.2) is 28.3 Å². The molecule has 0 aliphatic carbocycles. The predicted molar refractivity (Wildman–Crippen MR) is 113 cm³/mol. The molecule has 0 unspecified atom stereocenters. The van der Waals surface area contributed by atoms with Gasteiger partial charge in [0.2, 0.25) is 0 Å². The van der Waals surface area contributed by atoms with Gasteiger partial charge in [0, 0.05) is 11.3 Å². The van der Waals surface area contributed by atoms with Crippen LogP contribution in [-0.2, 0) is 19.4 Å². The summed E-state index contributed by atoms with van der Waals surface area (Å²) in [7, 11) is 1.64. The molecule has 1 aromatic heterocycles. The van der Waals surface area contributed by atoms with Crippen LogP contribution in [0.1, 0.15) is 30.8 Å². The van der Waals surface area contributed by atoms with Crippen LogP contribution in [0.2, 0.25) is 0 Å². The van der Waals surface area contributed by atoms with Crippen molar-refractivity contribution < 1.29 is 4.74 Å². The number of nitrogens with one attached hydrogen (secondary N) is 2. The van der Waals surface area contributed by atoms with Crippen molar-refractivity contribution in [1.82, 2.24) is 15.2 Å². The number of rotatable bonds is 7. The molecule has 0 aliphatic rings. The first kappa shape index (κ1) is 19.4. The van der Waals surface area contributed by atoms with Crippen molar-refractivity contribution in [2.45, 2.75) is 33.2 Å². The van der Waals surface area contributed by atoms with Gasteiger partial charge in [-0.15, -0.1) is 0 Å². The van der Waals surface area contributed by atoms with Gasteiger partial charge in [-0.3, -0.25) is 5.10 Å². The Hall–Kier alpha value is -3.35. The summed E-state index contributed by atoms with van der Waals surface area (Å²) in [4.78, 5) is 8.89. The molecule has 0 saturated heterocycles. The van der Waals surface area contributed by atoms with Crippen molar-refractivity contribution in [2.24, 2.45) is 10.7 Å². The zero-order valence-electron chi connectivity index (χ0n) is 16.5. The lowest BCUT2D eigenvalue weighted by molar-refractivity contribution is 0.415. The summed E-state index contributed by atoms with van der Waals surface area (Å²) in [6.45, 7) is 4.57. The first-order chi connectivity index (χ1) is 13.6. The maximum absolute atomic E-state index is 6.11. The largest absolute Gasteiger partial charge is 0.497 e. The van der Waals surface area contributed by atoms with Gasteiger partial charge >= 0.3 is 0 Å². The summed E-state index contributed by atoms with van der Waals surface area (Å²) in [5, 5.41) is 10.4. The second kappa shape index (κ2) is 9.03. The van der Waals surface area contributed by atoms with Gasteiger partial charge in [-0.2, -0.15) is 5.10 Å². The number of nitrogens with zero attached hydrogens (tertiary/aromatic N) is 3. The van der Waals surface area contributed by atoms with Gasteiger partial charge in [-0.25, -0.2) is 9.98 Å². The maximum Gasteiger partial charge on any atom is 0.193 e. The lowest BCUT2D eigenvalue weighted by Crippen LogP contribution is -2.24. The first-order valence-corrected chi connectivity index (χ1v) is 9.38. The van der Waals surface area contributed by atoms with Gasteiger partial charge in [0.25, 0.3) is 0 Å². The first-order valence-electron chi connectivity index (χ1n) is 9.38. The average Bonchev–Trinajstić information content (AvgIpc) is 3.21. The Balaban J connectivity index is 1.70. The predicted octanol–water partition coefficient (Wildman–Crippen LogP) is 3.53. The van der Waals surface area contributed by atoms with E-state index >= 15 is 0 Å². The van der Waals surface area contributed by atoms with E-state index in [2.05, 4.69) is 57.5 Å². The fourth-order valence-corrected chi connectivity index (χ4v) is 2.97. The van der Waals surface area contributed by atoms with E-state index < -0.39 is 0 Å². The number of aromatic amines is 1. The molecule has 4 N–H and O–H groups in total. The van der Waals surface area contributed by atoms with Crippen LogP contribution in [0.4, 0.5) is 5.69 Å². The van der Waals surface area contributed by atoms with Crippen LogP contribution in [0.5, 0.6) is 5.75 Å². The highest BCUT2D eigenvalue weighted by molar-refractivity contribution is 5.93.